The summed E-state index contributed by atoms with van der Waals surface area (Å²) in [7, 11) is 1.72. The highest BCUT2D eigenvalue weighted by atomic mass is 79.9. The van der Waals surface area contributed by atoms with Gasteiger partial charge in [-0.25, -0.2) is 0 Å². The summed E-state index contributed by atoms with van der Waals surface area (Å²) in [5.74, 6) is 0. The fraction of sp³-hybridized carbons (Fsp3) is 0.571. The van der Waals surface area contributed by atoms with Gasteiger partial charge in [-0.3, -0.25) is 0 Å². The van der Waals surface area contributed by atoms with E-state index in [0.29, 0.717) is 6.04 Å². The summed E-state index contributed by atoms with van der Waals surface area (Å²) in [5.41, 5.74) is 1.36. The van der Waals surface area contributed by atoms with E-state index in [1.807, 2.05) is 0 Å². The Morgan fingerprint density at radius 3 is 2.89 bits per heavy atom. The van der Waals surface area contributed by atoms with Gasteiger partial charge < -0.3 is 15.4 Å². The average Bonchev–Trinajstić information content (AvgIpc) is 2.35. The van der Waals surface area contributed by atoms with Gasteiger partial charge in [0.25, 0.3) is 0 Å². The fourth-order valence-electron chi connectivity index (χ4n) is 1.72. The van der Waals surface area contributed by atoms with Crippen LogP contribution in [0.2, 0.25) is 0 Å². The largest absolute Gasteiger partial charge is 0.383 e. The molecule has 0 spiro atoms. The maximum atomic E-state index is 4.99. The molecule has 0 radical (unpaired) electrons. The van der Waals surface area contributed by atoms with Crippen LogP contribution in [0.25, 0.3) is 0 Å². The third kappa shape index (κ3) is 7.11. The smallest absolute Gasteiger partial charge is 0.0587 e. The first-order valence-electron chi connectivity index (χ1n) is 6.40. The zero-order valence-corrected chi connectivity index (χ0v) is 12.8. The Balaban J connectivity index is 2.09. The SMILES string of the molecule is COCCNCC(C)NCCc1cccc(Br)c1. The van der Waals surface area contributed by atoms with Gasteiger partial charge in [-0.1, -0.05) is 28.1 Å². The summed E-state index contributed by atoms with van der Waals surface area (Å²) >= 11 is 3.49. The topological polar surface area (TPSA) is 33.3 Å². The number of benzene rings is 1. The zero-order valence-electron chi connectivity index (χ0n) is 11.2. The van der Waals surface area contributed by atoms with E-state index in [1.165, 1.54) is 5.56 Å². The van der Waals surface area contributed by atoms with E-state index in [9.17, 15) is 0 Å². The van der Waals surface area contributed by atoms with Crippen LogP contribution in [0, 0.1) is 0 Å². The van der Waals surface area contributed by atoms with Crippen LogP contribution in [-0.2, 0) is 11.2 Å². The molecule has 18 heavy (non-hydrogen) atoms. The molecule has 1 aromatic carbocycles. The van der Waals surface area contributed by atoms with Gasteiger partial charge in [0.15, 0.2) is 0 Å². The van der Waals surface area contributed by atoms with E-state index in [2.05, 4.69) is 57.8 Å². The second-order valence-electron chi connectivity index (χ2n) is 4.43. The third-order valence-electron chi connectivity index (χ3n) is 2.73. The number of hydrogen-bond acceptors (Lipinski definition) is 3. The van der Waals surface area contributed by atoms with E-state index in [4.69, 9.17) is 4.74 Å². The van der Waals surface area contributed by atoms with Crippen LogP contribution in [-0.4, -0.2) is 39.4 Å². The minimum Gasteiger partial charge on any atom is -0.383 e. The minimum absolute atomic E-state index is 0.481. The molecule has 1 aromatic rings. The van der Waals surface area contributed by atoms with Crippen molar-refractivity contribution < 1.29 is 4.74 Å². The van der Waals surface area contributed by atoms with Crippen molar-refractivity contribution in [2.75, 3.05) is 33.4 Å². The molecule has 3 nitrogen and oxygen atoms in total. The Morgan fingerprint density at radius 1 is 1.33 bits per heavy atom. The lowest BCUT2D eigenvalue weighted by Crippen LogP contribution is -2.38. The molecule has 1 atom stereocenters. The summed E-state index contributed by atoms with van der Waals surface area (Å²) in [6, 6.07) is 8.94. The molecule has 102 valence electrons. The molecule has 2 N–H and O–H groups in total. The van der Waals surface area contributed by atoms with Gasteiger partial charge in [-0.05, 0) is 37.6 Å². The molecule has 1 rings (SSSR count). The maximum absolute atomic E-state index is 4.99. The molecule has 0 aliphatic rings. The lowest BCUT2D eigenvalue weighted by atomic mass is 10.1. The Kier molecular flexibility index (Phi) is 8.25. The highest BCUT2D eigenvalue weighted by Gasteiger charge is 2.00. The molecule has 0 aliphatic heterocycles. The predicted octanol–water partition coefficient (Wildman–Crippen LogP) is 2.21. The normalized spacial score (nSPS) is 12.6. The molecule has 0 saturated carbocycles. The quantitative estimate of drug-likeness (QED) is 0.686. The highest BCUT2D eigenvalue weighted by Crippen LogP contribution is 2.11. The van der Waals surface area contributed by atoms with E-state index in [-0.39, 0.29) is 0 Å². The van der Waals surface area contributed by atoms with Crippen molar-refractivity contribution in [3.63, 3.8) is 0 Å². The molecule has 0 aliphatic carbocycles. The summed E-state index contributed by atoms with van der Waals surface area (Å²) in [4.78, 5) is 0. The van der Waals surface area contributed by atoms with E-state index in [1.54, 1.807) is 7.11 Å². The molecular weight excluding hydrogens is 292 g/mol. The van der Waals surface area contributed by atoms with Gasteiger partial charge in [0, 0.05) is 30.7 Å². The monoisotopic (exact) mass is 314 g/mol. The predicted molar refractivity (Wildman–Crippen MR) is 80.1 cm³/mol. The number of halogens is 1. The molecule has 0 fully saturated rings. The Labute approximate surface area is 118 Å². The average molecular weight is 315 g/mol. The molecule has 0 heterocycles. The minimum atomic E-state index is 0.481. The fourth-order valence-corrected chi connectivity index (χ4v) is 2.17. The van der Waals surface area contributed by atoms with Crippen LogP contribution in [0.15, 0.2) is 28.7 Å². The lowest BCUT2D eigenvalue weighted by Gasteiger charge is -2.14. The number of nitrogens with one attached hydrogen (secondary N) is 2. The molecule has 0 aromatic heterocycles. The van der Waals surface area contributed by atoms with Crippen molar-refractivity contribution in [3.05, 3.63) is 34.3 Å². The number of rotatable bonds is 9. The molecule has 0 amide bonds. The first kappa shape index (κ1) is 15.6. The second kappa shape index (κ2) is 9.50. The van der Waals surface area contributed by atoms with Crippen LogP contribution in [0.1, 0.15) is 12.5 Å². The Bertz CT molecular complexity index is 333. The molecule has 0 bridgehead atoms. The first-order valence-corrected chi connectivity index (χ1v) is 7.19. The van der Waals surface area contributed by atoms with Crippen LogP contribution in [0.4, 0.5) is 0 Å². The van der Waals surface area contributed by atoms with Crippen LogP contribution < -0.4 is 10.6 Å². The van der Waals surface area contributed by atoms with Crippen LogP contribution >= 0.6 is 15.9 Å². The van der Waals surface area contributed by atoms with E-state index in [0.717, 1.165) is 37.1 Å². The van der Waals surface area contributed by atoms with Crippen molar-refractivity contribution in [1.82, 2.24) is 10.6 Å². The first-order chi connectivity index (χ1) is 8.72. The Hall–Kier alpha value is -0.420. The molecule has 1 unspecified atom stereocenters. The molecule has 0 saturated heterocycles. The summed E-state index contributed by atoms with van der Waals surface area (Å²) in [6.45, 7) is 5.85. The summed E-state index contributed by atoms with van der Waals surface area (Å²) in [6.07, 6.45) is 1.06. The van der Waals surface area contributed by atoms with Crippen molar-refractivity contribution in [2.45, 2.75) is 19.4 Å². The lowest BCUT2D eigenvalue weighted by molar-refractivity contribution is 0.198. The summed E-state index contributed by atoms with van der Waals surface area (Å²) < 4.78 is 6.13. The van der Waals surface area contributed by atoms with Gasteiger partial charge >= 0.3 is 0 Å². The number of hydrogen-bond donors (Lipinski definition) is 2. The molecular formula is C14H23BrN2O. The zero-order chi connectivity index (χ0) is 13.2. The van der Waals surface area contributed by atoms with Crippen molar-refractivity contribution in [3.8, 4) is 0 Å². The van der Waals surface area contributed by atoms with Crippen LogP contribution in [0.5, 0.6) is 0 Å². The Morgan fingerprint density at radius 2 is 2.17 bits per heavy atom. The van der Waals surface area contributed by atoms with Gasteiger partial charge in [0.1, 0.15) is 0 Å². The number of ether oxygens (including phenoxy) is 1. The van der Waals surface area contributed by atoms with Crippen molar-refractivity contribution in [1.29, 1.82) is 0 Å². The van der Waals surface area contributed by atoms with Crippen molar-refractivity contribution in [2.24, 2.45) is 0 Å². The third-order valence-corrected chi connectivity index (χ3v) is 3.22. The van der Waals surface area contributed by atoms with E-state index < -0.39 is 0 Å². The second-order valence-corrected chi connectivity index (χ2v) is 5.35. The maximum Gasteiger partial charge on any atom is 0.0587 e. The van der Waals surface area contributed by atoms with E-state index >= 15 is 0 Å². The highest BCUT2D eigenvalue weighted by molar-refractivity contribution is 9.10. The van der Waals surface area contributed by atoms with Crippen molar-refractivity contribution >= 4 is 15.9 Å². The van der Waals surface area contributed by atoms with Crippen LogP contribution in [0.3, 0.4) is 0 Å². The number of methoxy groups -OCH3 is 1. The summed E-state index contributed by atoms with van der Waals surface area (Å²) in [5, 5.41) is 6.86. The van der Waals surface area contributed by atoms with Gasteiger partial charge in [0.2, 0.25) is 0 Å². The molecule has 4 heteroatoms. The van der Waals surface area contributed by atoms with Gasteiger partial charge in [-0.2, -0.15) is 0 Å². The van der Waals surface area contributed by atoms with Gasteiger partial charge in [-0.15, -0.1) is 0 Å². The standard InChI is InChI=1S/C14H23BrN2O/c1-12(11-16-8-9-18-2)17-7-6-13-4-3-5-14(15)10-13/h3-5,10,12,16-17H,6-9,11H2,1-2H3. The van der Waals surface area contributed by atoms with Gasteiger partial charge in [0.05, 0.1) is 6.61 Å².